The summed E-state index contributed by atoms with van der Waals surface area (Å²) in [5, 5.41) is 0. The van der Waals surface area contributed by atoms with Crippen molar-refractivity contribution in [2.24, 2.45) is 0 Å². The molecule has 0 aliphatic carbocycles. The van der Waals surface area contributed by atoms with Crippen LogP contribution >= 0.6 is 0 Å². The first-order valence-electron chi connectivity index (χ1n) is 7.57. The van der Waals surface area contributed by atoms with Crippen LogP contribution in [0.1, 0.15) is 32.6 Å². The molecule has 6 nitrogen and oxygen atoms in total. The minimum Gasteiger partial charge on any atom is -0.323 e. The van der Waals surface area contributed by atoms with Gasteiger partial charge >= 0.3 is 6.03 Å². The summed E-state index contributed by atoms with van der Waals surface area (Å²) in [6, 6.07) is 5.66. The Morgan fingerprint density at radius 1 is 1.09 bits per heavy atom. The zero-order chi connectivity index (χ0) is 16.2. The minimum absolute atomic E-state index is 0.0453. The van der Waals surface area contributed by atoms with Gasteiger partial charge in [-0.25, -0.2) is 4.79 Å². The van der Waals surface area contributed by atoms with Crippen LogP contribution in [0.15, 0.2) is 29.2 Å². The van der Waals surface area contributed by atoms with Crippen LogP contribution in [0.5, 0.6) is 0 Å². The number of hydrogen-bond donors (Lipinski definition) is 1. The van der Waals surface area contributed by atoms with Gasteiger partial charge in [-0.15, -0.1) is 0 Å². The highest BCUT2D eigenvalue weighted by atomic mass is 32.2. The molecule has 1 aromatic rings. The molecule has 1 N–H and O–H groups in total. The van der Waals surface area contributed by atoms with E-state index in [2.05, 4.69) is 6.92 Å². The average Bonchev–Trinajstić information content (AvgIpc) is 2.84. The van der Waals surface area contributed by atoms with Crippen molar-refractivity contribution in [1.82, 2.24) is 4.90 Å². The van der Waals surface area contributed by atoms with Gasteiger partial charge in [-0.05, 0) is 30.7 Å². The van der Waals surface area contributed by atoms with E-state index in [0.29, 0.717) is 18.8 Å². The lowest BCUT2D eigenvalue weighted by Gasteiger charge is -2.18. The van der Waals surface area contributed by atoms with Crippen LogP contribution in [0.3, 0.4) is 0 Å². The van der Waals surface area contributed by atoms with E-state index in [1.54, 1.807) is 17.0 Å². The first-order valence-corrected chi connectivity index (χ1v) is 9.01. The maximum atomic E-state index is 12.3. The zero-order valence-corrected chi connectivity index (χ0v) is 13.6. The number of carbonyl (C=O) groups is 1. The van der Waals surface area contributed by atoms with Crippen molar-refractivity contribution < 1.29 is 17.8 Å². The van der Waals surface area contributed by atoms with Crippen molar-refractivity contribution in [3.8, 4) is 0 Å². The third-order valence-electron chi connectivity index (χ3n) is 3.82. The number of rotatable bonds is 7. The van der Waals surface area contributed by atoms with Crippen molar-refractivity contribution in [3.05, 3.63) is 24.3 Å². The Morgan fingerprint density at radius 3 is 2.36 bits per heavy atom. The molecule has 0 spiro atoms. The normalized spacial score (nSPS) is 15.6. The molecule has 1 aromatic carbocycles. The summed E-state index contributed by atoms with van der Waals surface area (Å²) in [4.78, 5) is 15.6. The Hall–Kier alpha value is -1.60. The van der Waals surface area contributed by atoms with E-state index in [1.165, 1.54) is 25.0 Å². The molecule has 0 saturated carbocycles. The Labute approximate surface area is 131 Å². The maximum absolute atomic E-state index is 12.3. The number of hydrogen-bond acceptors (Lipinski definition) is 3. The van der Waals surface area contributed by atoms with Gasteiger partial charge in [0.15, 0.2) is 0 Å². The van der Waals surface area contributed by atoms with E-state index in [1.807, 2.05) is 4.90 Å². The van der Waals surface area contributed by atoms with Gasteiger partial charge in [0.05, 0.1) is 4.90 Å². The summed E-state index contributed by atoms with van der Waals surface area (Å²) in [5.41, 5.74) is 0.647. The van der Waals surface area contributed by atoms with Crippen molar-refractivity contribution >= 4 is 21.8 Å². The second kappa shape index (κ2) is 7.11. The number of urea groups is 1. The molecular formula is C15H22N2O4S. The van der Waals surface area contributed by atoms with Crippen LogP contribution in [-0.2, 0) is 10.1 Å². The summed E-state index contributed by atoms with van der Waals surface area (Å²) < 4.78 is 31.0. The number of nitrogens with zero attached hydrogens (tertiary/aromatic N) is 2. The van der Waals surface area contributed by atoms with Gasteiger partial charge in [-0.2, -0.15) is 8.42 Å². The molecule has 0 atom stereocenters. The van der Waals surface area contributed by atoms with Crippen LogP contribution in [-0.4, -0.2) is 43.5 Å². The number of carbonyl (C=O) groups excluding carboxylic acids is 1. The molecule has 1 aliphatic rings. The minimum atomic E-state index is -4.20. The Balaban J connectivity index is 1.98. The molecule has 0 aromatic heterocycles. The molecule has 0 unspecified atom stereocenters. The summed E-state index contributed by atoms with van der Waals surface area (Å²) in [7, 11) is -4.20. The molecule has 1 aliphatic heterocycles. The second-order valence-corrected chi connectivity index (χ2v) is 6.87. The lowest BCUT2D eigenvalue weighted by molar-refractivity contribution is 0.219. The van der Waals surface area contributed by atoms with E-state index >= 15 is 0 Å². The summed E-state index contributed by atoms with van der Waals surface area (Å²) in [6.07, 6.45) is 4.49. The van der Waals surface area contributed by atoms with Gasteiger partial charge in [0, 0.05) is 25.3 Å². The lowest BCUT2D eigenvalue weighted by Crippen LogP contribution is -2.32. The molecule has 2 amide bonds. The van der Waals surface area contributed by atoms with Gasteiger partial charge in [0.2, 0.25) is 0 Å². The molecule has 0 bridgehead atoms. The molecule has 1 fully saturated rings. The van der Waals surface area contributed by atoms with E-state index in [9.17, 15) is 13.2 Å². The molecule has 7 heteroatoms. The van der Waals surface area contributed by atoms with Gasteiger partial charge in [0.25, 0.3) is 10.1 Å². The lowest BCUT2D eigenvalue weighted by atomic mass is 10.2. The van der Waals surface area contributed by atoms with Gasteiger partial charge < -0.3 is 4.90 Å². The Bertz CT molecular complexity index is 613. The van der Waals surface area contributed by atoms with Crippen molar-refractivity contribution in [1.29, 1.82) is 0 Å². The molecule has 22 heavy (non-hydrogen) atoms. The SMILES string of the molecule is CCCCCCN1CCN(c2ccc(S(=O)(=O)O)cc2)C1=O. The predicted molar refractivity (Wildman–Crippen MR) is 84.7 cm³/mol. The fourth-order valence-corrected chi connectivity index (χ4v) is 3.04. The van der Waals surface area contributed by atoms with Crippen molar-refractivity contribution in [2.45, 2.75) is 37.5 Å². The number of amides is 2. The Kier molecular flexibility index (Phi) is 5.42. The van der Waals surface area contributed by atoms with E-state index < -0.39 is 10.1 Å². The summed E-state index contributed by atoms with van der Waals surface area (Å²) in [5.74, 6) is 0. The highest BCUT2D eigenvalue weighted by molar-refractivity contribution is 7.85. The number of unbranched alkanes of at least 4 members (excludes halogenated alkanes) is 3. The van der Waals surface area contributed by atoms with Crippen molar-refractivity contribution in [3.63, 3.8) is 0 Å². The Morgan fingerprint density at radius 2 is 1.77 bits per heavy atom. The maximum Gasteiger partial charge on any atom is 0.324 e. The second-order valence-electron chi connectivity index (χ2n) is 5.45. The van der Waals surface area contributed by atoms with E-state index in [-0.39, 0.29) is 10.9 Å². The largest absolute Gasteiger partial charge is 0.324 e. The summed E-state index contributed by atoms with van der Waals surface area (Å²) in [6.45, 7) is 4.19. The first kappa shape index (κ1) is 16.8. The fourth-order valence-electron chi connectivity index (χ4n) is 2.56. The third-order valence-corrected chi connectivity index (χ3v) is 4.69. The van der Waals surface area contributed by atoms with Crippen molar-refractivity contribution in [2.75, 3.05) is 24.5 Å². The van der Waals surface area contributed by atoms with E-state index in [0.717, 1.165) is 19.4 Å². The van der Waals surface area contributed by atoms with Crippen LogP contribution in [0.2, 0.25) is 0 Å². The summed E-state index contributed by atoms with van der Waals surface area (Å²) >= 11 is 0. The van der Waals surface area contributed by atoms with Crippen LogP contribution < -0.4 is 4.90 Å². The predicted octanol–water partition coefficient (Wildman–Crippen LogP) is 2.76. The smallest absolute Gasteiger partial charge is 0.323 e. The molecule has 1 heterocycles. The van der Waals surface area contributed by atoms with E-state index in [4.69, 9.17) is 4.55 Å². The highest BCUT2D eigenvalue weighted by Crippen LogP contribution is 2.22. The quantitative estimate of drug-likeness (QED) is 0.617. The fraction of sp³-hybridized carbons (Fsp3) is 0.533. The number of anilines is 1. The van der Waals surface area contributed by atoms with Gasteiger partial charge in [0.1, 0.15) is 0 Å². The molecule has 122 valence electrons. The highest BCUT2D eigenvalue weighted by Gasteiger charge is 2.29. The van der Waals surface area contributed by atoms with Crippen LogP contribution in [0, 0.1) is 0 Å². The van der Waals surface area contributed by atoms with Gasteiger partial charge in [-0.1, -0.05) is 26.2 Å². The van der Waals surface area contributed by atoms with Crippen LogP contribution in [0.4, 0.5) is 10.5 Å². The topological polar surface area (TPSA) is 77.9 Å². The average molecular weight is 326 g/mol. The third kappa shape index (κ3) is 3.98. The van der Waals surface area contributed by atoms with Crippen LogP contribution in [0.25, 0.3) is 0 Å². The molecular weight excluding hydrogens is 304 g/mol. The van der Waals surface area contributed by atoms with Gasteiger partial charge in [-0.3, -0.25) is 9.45 Å². The zero-order valence-electron chi connectivity index (χ0n) is 12.7. The molecule has 1 saturated heterocycles. The first-order chi connectivity index (χ1) is 10.4. The standard InChI is InChI=1S/C15H22N2O4S/c1-2-3-4-5-10-16-11-12-17(15(16)18)13-6-8-14(9-7-13)22(19,20)21/h6-9H,2-5,10-12H2,1H3,(H,19,20,21). The monoisotopic (exact) mass is 326 g/mol. The molecule has 2 rings (SSSR count). The molecule has 0 radical (unpaired) electrons. The number of benzene rings is 1.